The van der Waals surface area contributed by atoms with Gasteiger partial charge in [0.1, 0.15) is 6.29 Å². The molecule has 3 heteroatoms. The number of allylic oxidation sites excluding steroid dienone is 1. The van der Waals surface area contributed by atoms with Crippen molar-refractivity contribution >= 4 is 14.6 Å². The number of carbonyl (C=O) groups excluding carboxylic acids is 1. The SMILES string of the molecule is C=C1C[C@H](O[Si](C)(C)C(C)(C)C)C(C)=C(C=O)C1(C)C. The van der Waals surface area contributed by atoms with Gasteiger partial charge in [-0.15, -0.1) is 0 Å². The molecule has 0 N–H and O–H groups in total. The molecule has 0 heterocycles. The lowest BCUT2D eigenvalue weighted by Gasteiger charge is -2.44. The Hall–Kier alpha value is -0.673. The third kappa shape index (κ3) is 2.99. The van der Waals surface area contributed by atoms with Gasteiger partial charge in [-0.25, -0.2) is 0 Å². The first-order valence-electron chi connectivity index (χ1n) is 7.37. The van der Waals surface area contributed by atoms with Gasteiger partial charge in [-0.05, 0) is 37.0 Å². The summed E-state index contributed by atoms with van der Waals surface area (Å²) in [6.07, 6.45) is 1.82. The van der Waals surface area contributed by atoms with Crippen LogP contribution in [0.25, 0.3) is 0 Å². The fourth-order valence-corrected chi connectivity index (χ4v) is 3.72. The molecule has 1 aliphatic carbocycles. The first-order valence-corrected chi connectivity index (χ1v) is 10.3. The van der Waals surface area contributed by atoms with Crippen LogP contribution in [0.1, 0.15) is 48.0 Å². The Kier molecular flexibility index (Phi) is 4.57. The molecule has 0 aromatic rings. The van der Waals surface area contributed by atoms with Crippen molar-refractivity contribution in [2.45, 2.75) is 72.2 Å². The second-order valence-corrected chi connectivity index (χ2v) is 12.8. The molecule has 0 saturated carbocycles. The van der Waals surface area contributed by atoms with Gasteiger partial charge in [-0.3, -0.25) is 4.79 Å². The van der Waals surface area contributed by atoms with Gasteiger partial charge >= 0.3 is 0 Å². The summed E-state index contributed by atoms with van der Waals surface area (Å²) < 4.78 is 6.51. The first kappa shape index (κ1) is 17.4. The standard InChI is InChI=1S/C17H30O2Si/c1-12-10-15(19-20(8,9)16(3,4)5)13(2)14(11-18)17(12,6)7/h11,15H,1,10H2,2-9H3/t15-/m0/s1. The van der Waals surface area contributed by atoms with Gasteiger partial charge in [0.15, 0.2) is 8.32 Å². The normalized spacial score (nSPS) is 24.0. The van der Waals surface area contributed by atoms with Crippen LogP contribution in [0.15, 0.2) is 23.3 Å². The van der Waals surface area contributed by atoms with E-state index >= 15 is 0 Å². The first-order chi connectivity index (χ1) is 8.84. The van der Waals surface area contributed by atoms with E-state index in [0.29, 0.717) is 0 Å². The third-order valence-electron chi connectivity index (χ3n) is 5.26. The summed E-state index contributed by atoms with van der Waals surface area (Å²) in [5.74, 6) is 0. The Bertz CT molecular complexity index is 450. The molecule has 1 atom stereocenters. The molecule has 2 nitrogen and oxygen atoms in total. The third-order valence-corrected chi connectivity index (χ3v) is 9.74. The lowest BCUT2D eigenvalue weighted by molar-refractivity contribution is -0.105. The average molecular weight is 295 g/mol. The highest BCUT2D eigenvalue weighted by Gasteiger charge is 2.43. The fraction of sp³-hybridized carbons (Fsp3) is 0.706. The van der Waals surface area contributed by atoms with Crippen LogP contribution >= 0.6 is 0 Å². The van der Waals surface area contributed by atoms with E-state index in [9.17, 15) is 4.79 Å². The maximum atomic E-state index is 11.5. The molecular weight excluding hydrogens is 264 g/mol. The van der Waals surface area contributed by atoms with E-state index in [1.807, 2.05) is 6.92 Å². The van der Waals surface area contributed by atoms with Crippen LogP contribution in [-0.4, -0.2) is 20.7 Å². The average Bonchev–Trinajstić information content (AvgIpc) is 2.24. The summed E-state index contributed by atoms with van der Waals surface area (Å²) >= 11 is 0. The van der Waals surface area contributed by atoms with Crippen molar-refractivity contribution in [1.29, 1.82) is 0 Å². The maximum absolute atomic E-state index is 11.5. The summed E-state index contributed by atoms with van der Waals surface area (Å²) in [5, 5.41) is 0.170. The Balaban J connectivity index is 3.17. The molecule has 114 valence electrons. The molecule has 1 rings (SSSR count). The van der Waals surface area contributed by atoms with E-state index in [4.69, 9.17) is 4.43 Å². The van der Waals surface area contributed by atoms with Crippen molar-refractivity contribution in [2.75, 3.05) is 0 Å². The fourth-order valence-electron chi connectivity index (χ4n) is 2.39. The topological polar surface area (TPSA) is 26.3 Å². The van der Waals surface area contributed by atoms with Crippen molar-refractivity contribution in [2.24, 2.45) is 5.41 Å². The van der Waals surface area contributed by atoms with Gasteiger partial charge in [-0.2, -0.15) is 0 Å². The van der Waals surface area contributed by atoms with Gasteiger partial charge in [0.2, 0.25) is 0 Å². The van der Waals surface area contributed by atoms with Crippen LogP contribution in [0.3, 0.4) is 0 Å². The number of carbonyl (C=O) groups is 1. The van der Waals surface area contributed by atoms with E-state index in [1.54, 1.807) is 0 Å². The Morgan fingerprint density at radius 3 is 2.25 bits per heavy atom. The van der Waals surface area contributed by atoms with Crippen LogP contribution in [0.4, 0.5) is 0 Å². The van der Waals surface area contributed by atoms with Gasteiger partial charge in [0, 0.05) is 11.0 Å². The minimum absolute atomic E-state index is 0.0108. The van der Waals surface area contributed by atoms with E-state index in [0.717, 1.165) is 29.4 Å². The van der Waals surface area contributed by atoms with Crippen molar-refractivity contribution in [3.63, 3.8) is 0 Å². The summed E-state index contributed by atoms with van der Waals surface area (Å²) in [6.45, 7) is 21.6. The number of rotatable bonds is 3. The Morgan fingerprint density at radius 2 is 1.85 bits per heavy atom. The number of aldehydes is 1. The quantitative estimate of drug-likeness (QED) is 0.421. The van der Waals surface area contributed by atoms with Crippen LogP contribution in [0.2, 0.25) is 18.1 Å². The monoisotopic (exact) mass is 294 g/mol. The molecule has 0 aromatic carbocycles. The molecule has 1 aliphatic rings. The molecule has 0 saturated heterocycles. The van der Waals surface area contributed by atoms with Gasteiger partial charge < -0.3 is 4.43 Å². The van der Waals surface area contributed by atoms with Gasteiger partial charge in [0.25, 0.3) is 0 Å². The summed E-state index contributed by atoms with van der Waals surface area (Å²) in [4.78, 5) is 11.5. The van der Waals surface area contributed by atoms with E-state index in [2.05, 4.69) is 54.3 Å². The van der Waals surface area contributed by atoms with Crippen molar-refractivity contribution < 1.29 is 9.22 Å². The zero-order valence-corrected chi connectivity index (χ0v) is 15.4. The summed E-state index contributed by atoms with van der Waals surface area (Å²) in [6, 6.07) is 0. The predicted octanol–water partition coefficient (Wildman–Crippen LogP) is 4.88. The minimum atomic E-state index is -1.84. The Morgan fingerprint density at radius 1 is 1.35 bits per heavy atom. The van der Waals surface area contributed by atoms with Crippen molar-refractivity contribution in [1.82, 2.24) is 0 Å². The largest absolute Gasteiger partial charge is 0.410 e. The smallest absolute Gasteiger partial charge is 0.192 e. The van der Waals surface area contributed by atoms with Crippen molar-refractivity contribution in [3.05, 3.63) is 23.3 Å². The zero-order valence-electron chi connectivity index (χ0n) is 14.4. The van der Waals surface area contributed by atoms with E-state index < -0.39 is 8.32 Å². The molecule has 0 bridgehead atoms. The van der Waals surface area contributed by atoms with Crippen LogP contribution in [-0.2, 0) is 9.22 Å². The molecule has 0 radical (unpaired) electrons. The molecule has 0 aromatic heterocycles. The summed E-state index contributed by atoms with van der Waals surface area (Å²) in [5.41, 5.74) is 2.78. The second-order valence-electron chi connectivity index (χ2n) is 8.01. The van der Waals surface area contributed by atoms with E-state index in [-0.39, 0.29) is 16.6 Å². The van der Waals surface area contributed by atoms with Gasteiger partial charge in [0.05, 0.1) is 6.10 Å². The van der Waals surface area contributed by atoms with Crippen LogP contribution in [0.5, 0.6) is 0 Å². The highest BCUT2D eigenvalue weighted by Crippen LogP contribution is 2.46. The molecule has 0 fully saturated rings. The van der Waals surface area contributed by atoms with Crippen LogP contribution in [0, 0.1) is 5.41 Å². The molecular formula is C17H30O2Si. The predicted molar refractivity (Wildman–Crippen MR) is 88.4 cm³/mol. The summed E-state index contributed by atoms with van der Waals surface area (Å²) in [7, 11) is -1.84. The van der Waals surface area contributed by atoms with E-state index in [1.165, 1.54) is 0 Å². The minimum Gasteiger partial charge on any atom is -0.410 e. The maximum Gasteiger partial charge on any atom is 0.192 e. The molecule has 0 aliphatic heterocycles. The highest BCUT2D eigenvalue weighted by atomic mass is 28.4. The molecule has 0 spiro atoms. The van der Waals surface area contributed by atoms with Crippen LogP contribution < -0.4 is 0 Å². The second kappa shape index (κ2) is 5.27. The van der Waals surface area contributed by atoms with Gasteiger partial charge in [-0.1, -0.05) is 46.8 Å². The highest BCUT2D eigenvalue weighted by molar-refractivity contribution is 6.74. The molecule has 0 amide bonds. The number of hydrogen-bond acceptors (Lipinski definition) is 2. The molecule has 0 unspecified atom stereocenters. The number of hydrogen-bond donors (Lipinski definition) is 0. The molecule has 20 heavy (non-hydrogen) atoms. The lowest BCUT2D eigenvalue weighted by atomic mass is 9.69. The lowest BCUT2D eigenvalue weighted by Crippen LogP contribution is -2.46. The van der Waals surface area contributed by atoms with Crippen molar-refractivity contribution in [3.8, 4) is 0 Å². The zero-order chi connectivity index (χ0) is 15.9. The Labute approximate surface area is 125 Å².